The van der Waals surface area contributed by atoms with Gasteiger partial charge in [-0.15, -0.1) is 11.3 Å². The normalized spacial score (nSPS) is 13.0. The van der Waals surface area contributed by atoms with Gasteiger partial charge < -0.3 is 0 Å². The van der Waals surface area contributed by atoms with E-state index in [9.17, 15) is 0 Å². The van der Waals surface area contributed by atoms with Crippen molar-refractivity contribution >= 4 is 11.3 Å². The molecule has 0 aliphatic carbocycles. The van der Waals surface area contributed by atoms with Crippen LogP contribution in [0.1, 0.15) is 69.0 Å². The van der Waals surface area contributed by atoms with Crippen LogP contribution in [0.5, 0.6) is 0 Å². The van der Waals surface area contributed by atoms with E-state index >= 15 is 0 Å². The third kappa shape index (κ3) is 4.78. The van der Waals surface area contributed by atoms with Crippen molar-refractivity contribution in [2.24, 2.45) is 0 Å². The number of rotatable bonds is 7. The minimum absolute atomic E-state index is 0.650. The number of thiazole rings is 1. The molecule has 0 bridgehead atoms. The zero-order valence-electron chi connectivity index (χ0n) is 10.3. The van der Waals surface area contributed by atoms with Crippen LogP contribution >= 0.6 is 11.3 Å². The molecule has 0 aliphatic rings. The smallest absolute Gasteiger partial charge is 0.0897 e. The summed E-state index contributed by atoms with van der Waals surface area (Å²) in [6, 6.07) is 0. The van der Waals surface area contributed by atoms with Crippen molar-refractivity contribution in [2.75, 3.05) is 0 Å². The maximum Gasteiger partial charge on any atom is 0.0897 e. The van der Waals surface area contributed by atoms with Gasteiger partial charge in [-0.1, -0.05) is 46.0 Å². The number of aryl methyl sites for hydroxylation is 1. The summed E-state index contributed by atoms with van der Waals surface area (Å²) in [6.45, 7) is 6.65. The van der Waals surface area contributed by atoms with Crippen LogP contribution in [-0.4, -0.2) is 4.98 Å². The van der Waals surface area contributed by atoms with E-state index in [-0.39, 0.29) is 0 Å². The molecule has 86 valence electrons. The number of unbranched alkanes of at least 4 members (excludes halogenated alkanes) is 4. The molecule has 1 atom stereocenters. The first-order chi connectivity index (χ1) is 7.24. The topological polar surface area (TPSA) is 12.9 Å². The Morgan fingerprint density at radius 3 is 2.60 bits per heavy atom. The number of aromatic nitrogens is 1. The molecule has 1 nitrogen and oxygen atoms in total. The van der Waals surface area contributed by atoms with Gasteiger partial charge in [0.15, 0.2) is 0 Å². The predicted molar refractivity (Wildman–Crippen MR) is 68.6 cm³/mol. The second kappa shape index (κ2) is 7.00. The van der Waals surface area contributed by atoms with Crippen LogP contribution in [0.25, 0.3) is 0 Å². The largest absolute Gasteiger partial charge is 0.246 e. The molecule has 0 amide bonds. The van der Waals surface area contributed by atoms with Crippen LogP contribution in [-0.2, 0) is 0 Å². The van der Waals surface area contributed by atoms with Crippen molar-refractivity contribution in [1.29, 1.82) is 0 Å². The molecule has 1 rings (SSSR count). The van der Waals surface area contributed by atoms with Crippen LogP contribution in [0.15, 0.2) is 5.38 Å². The van der Waals surface area contributed by atoms with E-state index in [0.717, 1.165) is 0 Å². The lowest BCUT2D eigenvalue weighted by molar-refractivity contribution is 0.561. The molecule has 1 aromatic heterocycles. The lowest BCUT2D eigenvalue weighted by Gasteiger charge is -2.07. The summed E-state index contributed by atoms with van der Waals surface area (Å²) in [5.74, 6) is 0.650. The fourth-order valence-corrected chi connectivity index (χ4v) is 2.54. The molecule has 0 saturated heterocycles. The predicted octanol–water partition coefficient (Wildman–Crippen LogP) is 4.92. The second-order valence-corrected chi connectivity index (χ2v) is 5.46. The highest BCUT2D eigenvalue weighted by atomic mass is 32.1. The van der Waals surface area contributed by atoms with Gasteiger partial charge in [-0.2, -0.15) is 0 Å². The molecule has 0 aliphatic heterocycles. The van der Waals surface area contributed by atoms with Crippen LogP contribution in [0.3, 0.4) is 0 Å². The molecule has 2 heteroatoms. The SMILES string of the molecule is CCCCCCCC(C)c1csc(C)n1. The molecule has 0 radical (unpaired) electrons. The molecule has 0 saturated carbocycles. The third-order valence-electron chi connectivity index (χ3n) is 2.88. The van der Waals surface area contributed by atoms with Gasteiger partial charge in [-0.25, -0.2) is 4.98 Å². The molecule has 0 fully saturated rings. The monoisotopic (exact) mass is 225 g/mol. The van der Waals surface area contributed by atoms with Crippen LogP contribution in [0.2, 0.25) is 0 Å². The lowest BCUT2D eigenvalue weighted by atomic mass is 10.00. The highest BCUT2D eigenvalue weighted by molar-refractivity contribution is 7.09. The summed E-state index contributed by atoms with van der Waals surface area (Å²) in [6.07, 6.45) is 8.18. The molecule has 1 unspecified atom stereocenters. The van der Waals surface area contributed by atoms with E-state index in [4.69, 9.17) is 0 Å². The Bertz CT molecular complexity index is 267. The van der Waals surface area contributed by atoms with Gasteiger partial charge in [0.25, 0.3) is 0 Å². The Hall–Kier alpha value is -0.370. The van der Waals surface area contributed by atoms with Crippen molar-refractivity contribution < 1.29 is 0 Å². The fourth-order valence-electron chi connectivity index (χ4n) is 1.81. The molecule has 15 heavy (non-hydrogen) atoms. The van der Waals surface area contributed by atoms with Crippen LogP contribution < -0.4 is 0 Å². The van der Waals surface area contributed by atoms with Gasteiger partial charge in [0.2, 0.25) is 0 Å². The maximum atomic E-state index is 4.54. The average Bonchev–Trinajstić information content (AvgIpc) is 2.64. The Labute approximate surface area is 97.9 Å². The summed E-state index contributed by atoms with van der Waals surface area (Å²) >= 11 is 1.77. The van der Waals surface area contributed by atoms with Crippen molar-refractivity contribution in [2.45, 2.75) is 65.2 Å². The summed E-state index contributed by atoms with van der Waals surface area (Å²) in [7, 11) is 0. The van der Waals surface area contributed by atoms with E-state index < -0.39 is 0 Å². The van der Waals surface area contributed by atoms with Crippen molar-refractivity contribution in [3.63, 3.8) is 0 Å². The van der Waals surface area contributed by atoms with Crippen molar-refractivity contribution in [3.05, 3.63) is 16.1 Å². The molecule has 1 heterocycles. The van der Waals surface area contributed by atoms with Gasteiger partial charge in [-0.05, 0) is 19.3 Å². The minimum atomic E-state index is 0.650. The summed E-state index contributed by atoms with van der Waals surface area (Å²) in [5, 5.41) is 3.41. The fraction of sp³-hybridized carbons (Fsp3) is 0.769. The Morgan fingerprint density at radius 1 is 1.27 bits per heavy atom. The number of nitrogens with zero attached hydrogens (tertiary/aromatic N) is 1. The van der Waals surface area contributed by atoms with E-state index in [1.165, 1.54) is 49.2 Å². The first-order valence-electron chi connectivity index (χ1n) is 6.16. The van der Waals surface area contributed by atoms with Gasteiger partial charge in [0, 0.05) is 5.38 Å². The highest BCUT2D eigenvalue weighted by Crippen LogP contribution is 2.23. The van der Waals surface area contributed by atoms with Gasteiger partial charge in [-0.3, -0.25) is 0 Å². The Kier molecular flexibility index (Phi) is 5.92. The maximum absolute atomic E-state index is 4.54. The molecule has 0 spiro atoms. The minimum Gasteiger partial charge on any atom is -0.246 e. The highest BCUT2D eigenvalue weighted by Gasteiger charge is 2.07. The first-order valence-corrected chi connectivity index (χ1v) is 7.04. The lowest BCUT2D eigenvalue weighted by Crippen LogP contribution is -1.94. The first kappa shape index (κ1) is 12.7. The van der Waals surface area contributed by atoms with Crippen molar-refractivity contribution in [3.8, 4) is 0 Å². The molecular weight excluding hydrogens is 202 g/mol. The van der Waals surface area contributed by atoms with Crippen LogP contribution in [0, 0.1) is 6.92 Å². The zero-order valence-corrected chi connectivity index (χ0v) is 11.1. The summed E-state index contributed by atoms with van der Waals surface area (Å²) in [5.41, 5.74) is 1.30. The van der Waals surface area contributed by atoms with E-state index in [1.807, 2.05) is 0 Å². The number of hydrogen-bond donors (Lipinski definition) is 0. The Balaban J connectivity index is 2.16. The van der Waals surface area contributed by atoms with E-state index in [1.54, 1.807) is 11.3 Å². The van der Waals surface area contributed by atoms with E-state index in [0.29, 0.717) is 5.92 Å². The molecular formula is C13H23NS. The van der Waals surface area contributed by atoms with Gasteiger partial charge >= 0.3 is 0 Å². The summed E-state index contributed by atoms with van der Waals surface area (Å²) < 4.78 is 0. The standard InChI is InChI=1S/C13H23NS/c1-4-5-6-7-8-9-11(2)13-10-15-12(3)14-13/h10-11H,4-9H2,1-3H3. The van der Waals surface area contributed by atoms with Crippen molar-refractivity contribution in [1.82, 2.24) is 4.98 Å². The zero-order chi connectivity index (χ0) is 11.1. The molecule has 0 N–H and O–H groups in total. The van der Waals surface area contributed by atoms with E-state index in [2.05, 4.69) is 31.1 Å². The van der Waals surface area contributed by atoms with Gasteiger partial charge in [0.1, 0.15) is 0 Å². The molecule has 0 aromatic carbocycles. The summed E-state index contributed by atoms with van der Waals surface area (Å²) in [4.78, 5) is 4.54. The second-order valence-electron chi connectivity index (χ2n) is 4.40. The average molecular weight is 225 g/mol. The quantitative estimate of drug-likeness (QED) is 0.600. The Morgan fingerprint density at radius 2 is 2.00 bits per heavy atom. The number of hydrogen-bond acceptors (Lipinski definition) is 2. The molecule has 1 aromatic rings. The van der Waals surface area contributed by atoms with Crippen LogP contribution in [0.4, 0.5) is 0 Å². The van der Waals surface area contributed by atoms with Gasteiger partial charge in [0.05, 0.1) is 10.7 Å². The third-order valence-corrected chi connectivity index (χ3v) is 3.67.